The Morgan fingerprint density at radius 1 is 1.21 bits per heavy atom. The Bertz CT molecular complexity index is 339. The van der Waals surface area contributed by atoms with Crippen molar-refractivity contribution in [2.45, 2.75) is 19.9 Å². The van der Waals surface area contributed by atoms with Crippen LogP contribution in [0.3, 0.4) is 0 Å². The topological polar surface area (TPSA) is 26.0 Å². The number of benzene rings is 1. The van der Waals surface area contributed by atoms with Crippen LogP contribution in [0.2, 0.25) is 0 Å². The summed E-state index contributed by atoms with van der Waals surface area (Å²) in [5.41, 5.74) is 5.96. The van der Waals surface area contributed by atoms with Gasteiger partial charge >= 0.3 is 0 Å². The third-order valence-electron chi connectivity index (χ3n) is 2.12. The number of rotatable bonds is 2. The van der Waals surface area contributed by atoms with Gasteiger partial charge in [-0.05, 0) is 34.0 Å². The maximum Gasteiger partial charge on any atom is 0.137 e. The maximum absolute atomic E-state index is 13.4. The maximum atomic E-state index is 13.4. The van der Waals surface area contributed by atoms with E-state index in [-0.39, 0.29) is 16.0 Å². The molecule has 1 aromatic carbocycles. The van der Waals surface area contributed by atoms with Crippen LogP contribution in [0.25, 0.3) is 0 Å². The van der Waals surface area contributed by atoms with Gasteiger partial charge < -0.3 is 5.73 Å². The third kappa shape index (κ3) is 2.30. The van der Waals surface area contributed by atoms with Crippen molar-refractivity contribution in [2.75, 3.05) is 0 Å². The van der Waals surface area contributed by atoms with E-state index in [9.17, 15) is 8.78 Å². The van der Waals surface area contributed by atoms with Gasteiger partial charge in [-0.15, -0.1) is 0 Å². The molecule has 1 unspecified atom stereocenters. The van der Waals surface area contributed by atoms with E-state index in [0.29, 0.717) is 0 Å². The molecule has 2 N–H and O–H groups in total. The Balaban J connectivity index is 3.15. The lowest BCUT2D eigenvalue weighted by molar-refractivity contribution is 0.478. The molecule has 4 heteroatoms. The summed E-state index contributed by atoms with van der Waals surface area (Å²) >= 11 is 2.91. The van der Waals surface area contributed by atoms with Crippen molar-refractivity contribution in [1.29, 1.82) is 0 Å². The third-order valence-corrected chi connectivity index (χ3v) is 2.72. The van der Waals surface area contributed by atoms with Crippen LogP contribution in [0.15, 0.2) is 16.6 Å². The highest BCUT2D eigenvalue weighted by Crippen LogP contribution is 2.26. The zero-order valence-corrected chi connectivity index (χ0v) is 9.61. The lowest BCUT2D eigenvalue weighted by Gasteiger charge is -2.17. The summed E-state index contributed by atoms with van der Waals surface area (Å²) in [5.74, 6) is -0.887. The van der Waals surface area contributed by atoms with Gasteiger partial charge in [-0.2, -0.15) is 0 Å². The molecule has 0 bridgehead atoms. The number of hydrogen-bond acceptors (Lipinski definition) is 1. The first-order valence-corrected chi connectivity index (χ1v) is 5.12. The van der Waals surface area contributed by atoms with E-state index in [1.807, 2.05) is 13.8 Å². The monoisotopic (exact) mass is 263 g/mol. The van der Waals surface area contributed by atoms with Crippen molar-refractivity contribution in [3.05, 3.63) is 33.8 Å². The van der Waals surface area contributed by atoms with Gasteiger partial charge in [0.2, 0.25) is 0 Å². The van der Waals surface area contributed by atoms with E-state index in [2.05, 4.69) is 15.9 Å². The van der Waals surface area contributed by atoms with Gasteiger partial charge in [-0.25, -0.2) is 8.78 Å². The molecule has 1 nitrogen and oxygen atoms in total. The van der Waals surface area contributed by atoms with Gasteiger partial charge in [-0.1, -0.05) is 13.8 Å². The first kappa shape index (κ1) is 11.6. The van der Waals surface area contributed by atoms with Gasteiger partial charge in [0.25, 0.3) is 0 Å². The number of hydrogen-bond donors (Lipinski definition) is 1. The molecular formula is C10H12BrF2N. The Morgan fingerprint density at radius 2 is 1.79 bits per heavy atom. The lowest BCUT2D eigenvalue weighted by atomic mass is 9.96. The van der Waals surface area contributed by atoms with Gasteiger partial charge in [0.1, 0.15) is 11.6 Å². The summed E-state index contributed by atoms with van der Waals surface area (Å²) in [7, 11) is 0. The minimum absolute atomic E-state index is 0.0741. The molecule has 0 aliphatic rings. The van der Waals surface area contributed by atoms with Crippen molar-refractivity contribution in [2.24, 2.45) is 11.7 Å². The Labute approximate surface area is 90.4 Å². The number of halogens is 3. The SMILES string of the molecule is CC(C)C(N)c1cc(F)c(Br)cc1F. The van der Waals surface area contributed by atoms with Crippen LogP contribution >= 0.6 is 15.9 Å². The van der Waals surface area contributed by atoms with Crippen LogP contribution in [0.5, 0.6) is 0 Å². The summed E-state index contributed by atoms with van der Waals surface area (Å²) < 4.78 is 26.6. The first-order chi connectivity index (χ1) is 6.43. The van der Waals surface area contributed by atoms with Crippen LogP contribution in [0, 0.1) is 17.6 Å². The fourth-order valence-corrected chi connectivity index (χ4v) is 1.47. The van der Waals surface area contributed by atoms with Gasteiger partial charge in [0.05, 0.1) is 4.47 Å². The van der Waals surface area contributed by atoms with Gasteiger partial charge in [0, 0.05) is 11.6 Å². The minimum Gasteiger partial charge on any atom is -0.324 e. The fourth-order valence-electron chi connectivity index (χ4n) is 1.15. The molecular weight excluding hydrogens is 252 g/mol. The molecule has 0 aliphatic heterocycles. The molecule has 0 aliphatic carbocycles. The largest absolute Gasteiger partial charge is 0.324 e. The summed E-state index contributed by atoms with van der Waals surface area (Å²) in [5, 5.41) is 0. The van der Waals surface area contributed by atoms with Crippen molar-refractivity contribution >= 4 is 15.9 Å². The second kappa shape index (κ2) is 4.36. The smallest absolute Gasteiger partial charge is 0.137 e. The Morgan fingerprint density at radius 3 is 2.29 bits per heavy atom. The van der Waals surface area contributed by atoms with Crippen molar-refractivity contribution in [3.8, 4) is 0 Å². The van der Waals surface area contributed by atoms with Gasteiger partial charge in [0.15, 0.2) is 0 Å². The normalized spacial score (nSPS) is 13.4. The molecule has 0 spiro atoms. The Kier molecular flexibility index (Phi) is 3.61. The average molecular weight is 264 g/mol. The van der Waals surface area contributed by atoms with E-state index in [4.69, 9.17) is 5.73 Å². The lowest BCUT2D eigenvalue weighted by Crippen LogP contribution is -2.18. The van der Waals surface area contributed by atoms with E-state index in [0.717, 1.165) is 12.1 Å². The van der Waals surface area contributed by atoms with Gasteiger partial charge in [-0.3, -0.25) is 0 Å². The summed E-state index contributed by atoms with van der Waals surface area (Å²) in [4.78, 5) is 0. The molecule has 0 aromatic heterocycles. The molecule has 0 amide bonds. The molecule has 78 valence electrons. The molecule has 0 heterocycles. The zero-order chi connectivity index (χ0) is 10.9. The second-order valence-corrected chi connectivity index (χ2v) is 4.41. The van der Waals surface area contributed by atoms with Crippen LogP contribution in [0.4, 0.5) is 8.78 Å². The fraction of sp³-hybridized carbons (Fsp3) is 0.400. The van der Waals surface area contributed by atoms with Crippen LogP contribution < -0.4 is 5.73 Å². The predicted octanol–water partition coefficient (Wildman–Crippen LogP) is 3.38. The molecule has 0 saturated carbocycles. The van der Waals surface area contributed by atoms with Crippen LogP contribution in [-0.2, 0) is 0 Å². The highest BCUT2D eigenvalue weighted by molar-refractivity contribution is 9.10. The molecule has 1 atom stereocenters. The quantitative estimate of drug-likeness (QED) is 0.814. The summed E-state index contributed by atoms with van der Waals surface area (Å²) in [6.45, 7) is 3.73. The summed E-state index contributed by atoms with van der Waals surface area (Å²) in [6, 6.07) is 1.77. The number of nitrogens with two attached hydrogens (primary N) is 1. The van der Waals surface area contributed by atoms with E-state index in [1.165, 1.54) is 0 Å². The average Bonchev–Trinajstić information content (AvgIpc) is 2.10. The molecule has 14 heavy (non-hydrogen) atoms. The highest BCUT2D eigenvalue weighted by atomic mass is 79.9. The summed E-state index contributed by atoms with van der Waals surface area (Å²) in [6.07, 6.45) is 0. The second-order valence-electron chi connectivity index (χ2n) is 3.56. The molecule has 0 radical (unpaired) electrons. The van der Waals surface area contributed by atoms with Crippen molar-refractivity contribution < 1.29 is 8.78 Å². The zero-order valence-electron chi connectivity index (χ0n) is 8.02. The van der Waals surface area contributed by atoms with Crippen molar-refractivity contribution in [3.63, 3.8) is 0 Å². The standard InChI is InChI=1S/C10H12BrF2N/c1-5(2)10(14)6-3-9(13)7(11)4-8(6)12/h3-5,10H,14H2,1-2H3. The van der Waals surface area contributed by atoms with Crippen LogP contribution in [0.1, 0.15) is 25.5 Å². The predicted molar refractivity (Wildman–Crippen MR) is 55.8 cm³/mol. The van der Waals surface area contributed by atoms with E-state index >= 15 is 0 Å². The van der Waals surface area contributed by atoms with E-state index in [1.54, 1.807) is 0 Å². The Hall–Kier alpha value is -0.480. The van der Waals surface area contributed by atoms with Crippen molar-refractivity contribution in [1.82, 2.24) is 0 Å². The molecule has 0 fully saturated rings. The first-order valence-electron chi connectivity index (χ1n) is 4.33. The molecule has 1 rings (SSSR count). The molecule has 0 saturated heterocycles. The molecule has 1 aromatic rings. The highest BCUT2D eigenvalue weighted by Gasteiger charge is 2.17. The van der Waals surface area contributed by atoms with E-state index < -0.39 is 17.7 Å². The minimum atomic E-state index is -0.488. The van der Waals surface area contributed by atoms with Crippen LogP contribution in [-0.4, -0.2) is 0 Å².